The molecule has 0 radical (unpaired) electrons. The number of carbonyl (C=O) groups is 3. The van der Waals surface area contributed by atoms with Crippen LogP contribution in [-0.4, -0.2) is 36.7 Å². The molecule has 0 aromatic carbocycles. The predicted octanol–water partition coefficient (Wildman–Crippen LogP) is -1.15. The number of hydroxylamine groups is 1. The van der Waals surface area contributed by atoms with Gasteiger partial charge in [0.1, 0.15) is 6.54 Å². The van der Waals surface area contributed by atoms with Crippen LogP contribution in [0.25, 0.3) is 0 Å². The Hall–Kier alpha value is -1.89. The lowest BCUT2D eigenvalue weighted by Gasteiger charge is -1.98. The number of hydrogen-bond donors (Lipinski definition) is 2. The van der Waals surface area contributed by atoms with E-state index < -0.39 is 24.5 Å². The van der Waals surface area contributed by atoms with Crippen LogP contribution >= 0.6 is 0 Å². The van der Waals surface area contributed by atoms with Crippen molar-refractivity contribution in [3.8, 4) is 0 Å². The summed E-state index contributed by atoms with van der Waals surface area (Å²) in [5, 5.41) is 8.14. The van der Waals surface area contributed by atoms with Crippen molar-refractivity contribution >= 4 is 17.9 Å². The van der Waals surface area contributed by atoms with Crippen LogP contribution < -0.4 is 5.48 Å². The van der Waals surface area contributed by atoms with Gasteiger partial charge in [-0.3, -0.25) is 4.79 Å². The fourth-order valence-corrected chi connectivity index (χ4v) is 0.407. The number of esters is 1. The summed E-state index contributed by atoms with van der Waals surface area (Å²) < 4.78 is 4.20. The number of carboxylic acids is 1. The third-order valence-corrected chi connectivity index (χ3v) is 0.953. The van der Waals surface area contributed by atoms with Gasteiger partial charge in [-0.15, -0.1) is 5.48 Å². The molecule has 14 heavy (non-hydrogen) atoms. The Balaban J connectivity index is 3.70. The van der Waals surface area contributed by atoms with Gasteiger partial charge in [0.25, 0.3) is 0 Å². The Labute approximate surface area is 79.2 Å². The van der Waals surface area contributed by atoms with Crippen molar-refractivity contribution in [3.05, 3.63) is 12.2 Å². The average molecular weight is 203 g/mol. The highest BCUT2D eigenvalue weighted by Gasteiger charge is 2.00. The smallest absolute Gasteiger partial charge is 0.349 e. The minimum Gasteiger partial charge on any atom is -0.480 e. The summed E-state index contributed by atoms with van der Waals surface area (Å²) >= 11 is 0. The third-order valence-electron chi connectivity index (χ3n) is 0.953. The molecule has 0 unspecified atom stereocenters. The zero-order valence-electron chi connectivity index (χ0n) is 7.35. The lowest BCUT2D eigenvalue weighted by Crippen LogP contribution is -2.25. The van der Waals surface area contributed by atoms with Crippen LogP contribution in [0.1, 0.15) is 0 Å². The largest absolute Gasteiger partial charge is 0.480 e. The van der Waals surface area contributed by atoms with E-state index in [0.29, 0.717) is 0 Å². The molecular weight excluding hydrogens is 194 g/mol. The first-order valence-corrected chi connectivity index (χ1v) is 3.47. The van der Waals surface area contributed by atoms with Crippen LogP contribution in [0.5, 0.6) is 0 Å². The van der Waals surface area contributed by atoms with E-state index in [1.165, 1.54) is 0 Å². The minimum atomic E-state index is -1.17. The molecule has 0 spiro atoms. The van der Waals surface area contributed by atoms with Crippen LogP contribution in [-0.2, 0) is 24.0 Å². The Morgan fingerprint density at radius 3 is 2.36 bits per heavy atom. The summed E-state index contributed by atoms with van der Waals surface area (Å²) in [6.07, 6.45) is 1.66. The Bertz CT molecular complexity index is 259. The molecule has 0 aromatic rings. The van der Waals surface area contributed by atoms with Crippen LogP contribution in [0.4, 0.5) is 0 Å². The molecule has 7 nitrogen and oxygen atoms in total. The van der Waals surface area contributed by atoms with Gasteiger partial charge >= 0.3 is 17.9 Å². The summed E-state index contributed by atoms with van der Waals surface area (Å²) in [5.41, 5.74) is 1.87. The maximum absolute atomic E-state index is 10.7. The van der Waals surface area contributed by atoms with Crippen molar-refractivity contribution in [3.63, 3.8) is 0 Å². The van der Waals surface area contributed by atoms with Crippen LogP contribution in [0.15, 0.2) is 12.2 Å². The fraction of sp³-hybridized carbons (Fsp3) is 0.286. The van der Waals surface area contributed by atoms with E-state index in [0.717, 1.165) is 19.3 Å². The van der Waals surface area contributed by atoms with Gasteiger partial charge in [0.15, 0.2) is 0 Å². The van der Waals surface area contributed by atoms with E-state index >= 15 is 0 Å². The second-order valence-electron chi connectivity index (χ2n) is 1.99. The molecule has 0 atom stereocenters. The van der Waals surface area contributed by atoms with Crippen molar-refractivity contribution in [2.24, 2.45) is 0 Å². The first-order valence-electron chi connectivity index (χ1n) is 3.47. The van der Waals surface area contributed by atoms with Gasteiger partial charge in [0.2, 0.25) is 0 Å². The first-order chi connectivity index (χ1) is 6.56. The van der Waals surface area contributed by atoms with Crippen LogP contribution in [0, 0.1) is 0 Å². The molecule has 0 aliphatic heterocycles. The number of hydrogen-bond acceptors (Lipinski definition) is 6. The zero-order chi connectivity index (χ0) is 11.0. The summed E-state index contributed by atoms with van der Waals surface area (Å²) in [5.74, 6) is -2.77. The number of methoxy groups -OCH3 is 1. The van der Waals surface area contributed by atoms with Gasteiger partial charge in [-0.05, 0) is 0 Å². The Morgan fingerprint density at radius 1 is 1.29 bits per heavy atom. The maximum atomic E-state index is 10.7. The molecule has 0 heterocycles. The molecule has 0 bridgehead atoms. The van der Waals surface area contributed by atoms with Gasteiger partial charge in [-0.1, -0.05) is 0 Å². The standard InChI is InChI=1S/C7H9NO6/c1-13-6(11)2-3-7(12)14-8-4-5(9)10/h2-3,8H,4H2,1H3,(H,9,10). The number of aliphatic carboxylic acids is 1. The van der Waals surface area contributed by atoms with Crippen molar-refractivity contribution in [1.82, 2.24) is 5.48 Å². The van der Waals surface area contributed by atoms with E-state index in [2.05, 4.69) is 9.57 Å². The highest BCUT2D eigenvalue weighted by molar-refractivity contribution is 5.91. The van der Waals surface area contributed by atoms with E-state index in [1.54, 1.807) is 0 Å². The molecule has 0 aliphatic rings. The van der Waals surface area contributed by atoms with Gasteiger partial charge in [0.05, 0.1) is 7.11 Å². The number of nitrogens with one attached hydrogen (secondary N) is 1. The van der Waals surface area contributed by atoms with Crippen molar-refractivity contribution < 1.29 is 29.1 Å². The fourth-order valence-electron chi connectivity index (χ4n) is 0.407. The van der Waals surface area contributed by atoms with Gasteiger partial charge in [0, 0.05) is 12.2 Å². The van der Waals surface area contributed by atoms with Crippen LogP contribution in [0.3, 0.4) is 0 Å². The molecular formula is C7H9NO6. The highest BCUT2D eigenvalue weighted by Crippen LogP contribution is 1.81. The molecule has 78 valence electrons. The van der Waals surface area contributed by atoms with Crippen molar-refractivity contribution in [1.29, 1.82) is 0 Å². The molecule has 0 saturated heterocycles. The lowest BCUT2D eigenvalue weighted by molar-refractivity contribution is -0.149. The molecule has 2 N–H and O–H groups in total. The normalized spacial score (nSPS) is 9.79. The number of ether oxygens (including phenoxy) is 1. The van der Waals surface area contributed by atoms with Gasteiger partial charge in [-0.2, -0.15) is 0 Å². The second-order valence-corrected chi connectivity index (χ2v) is 1.99. The second kappa shape index (κ2) is 6.61. The average Bonchev–Trinajstić information content (AvgIpc) is 2.13. The predicted molar refractivity (Wildman–Crippen MR) is 42.9 cm³/mol. The summed E-state index contributed by atoms with van der Waals surface area (Å²) in [6.45, 7) is -0.516. The maximum Gasteiger partial charge on any atom is 0.349 e. The molecule has 0 saturated carbocycles. The Morgan fingerprint density at radius 2 is 1.86 bits per heavy atom. The lowest BCUT2D eigenvalue weighted by atomic mass is 10.5. The van der Waals surface area contributed by atoms with Gasteiger partial charge in [-0.25, -0.2) is 9.59 Å². The molecule has 0 aromatic heterocycles. The van der Waals surface area contributed by atoms with Crippen molar-refractivity contribution in [2.75, 3.05) is 13.7 Å². The van der Waals surface area contributed by atoms with E-state index in [4.69, 9.17) is 5.11 Å². The first kappa shape index (κ1) is 12.1. The molecule has 0 fully saturated rings. The minimum absolute atomic E-state index is 0.516. The molecule has 0 aliphatic carbocycles. The third kappa shape index (κ3) is 6.80. The number of carbonyl (C=O) groups excluding carboxylic acids is 2. The van der Waals surface area contributed by atoms with Gasteiger partial charge < -0.3 is 14.7 Å². The number of rotatable bonds is 5. The summed E-state index contributed by atoms with van der Waals surface area (Å²) in [6, 6.07) is 0. The SMILES string of the molecule is COC(=O)C=CC(=O)ONCC(=O)O. The molecule has 7 heteroatoms. The van der Waals surface area contributed by atoms with Crippen LogP contribution in [0.2, 0.25) is 0 Å². The molecule has 0 rings (SSSR count). The zero-order valence-corrected chi connectivity index (χ0v) is 7.35. The van der Waals surface area contributed by atoms with E-state index in [-0.39, 0.29) is 0 Å². The molecule has 0 amide bonds. The monoisotopic (exact) mass is 203 g/mol. The number of carboxylic acid groups (broad SMARTS) is 1. The Kier molecular flexibility index (Phi) is 5.72. The van der Waals surface area contributed by atoms with Crippen molar-refractivity contribution in [2.45, 2.75) is 0 Å². The highest BCUT2D eigenvalue weighted by atomic mass is 16.7. The van der Waals surface area contributed by atoms with E-state index in [9.17, 15) is 14.4 Å². The summed E-state index contributed by atoms with van der Waals surface area (Å²) in [4.78, 5) is 35.3. The topological polar surface area (TPSA) is 102 Å². The summed E-state index contributed by atoms with van der Waals surface area (Å²) in [7, 11) is 1.15. The van der Waals surface area contributed by atoms with E-state index in [1.807, 2.05) is 5.48 Å². The quantitative estimate of drug-likeness (QED) is 0.330.